The summed E-state index contributed by atoms with van der Waals surface area (Å²) in [6, 6.07) is 14.7. The molecule has 0 unspecified atom stereocenters. The van der Waals surface area contributed by atoms with Crippen molar-refractivity contribution in [2.45, 2.75) is 38.9 Å². The van der Waals surface area contributed by atoms with E-state index in [-0.39, 0.29) is 0 Å². The highest BCUT2D eigenvalue weighted by Gasteiger charge is 2.29. The molecule has 2 rings (SSSR count). The molecule has 20 heavy (non-hydrogen) atoms. The van der Waals surface area contributed by atoms with Gasteiger partial charge in [0, 0.05) is 24.8 Å². The number of aromatic nitrogens is 1. The zero-order chi connectivity index (χ0) is 14.6. The first kappa shape index (κ1) is 15.0. The molecule has 0 aliphatic carbocycles. The summed E-state index contributed by atoms with van der Waals surface area (Å²) in [4.78, 5) is 7.04. The fourth-order valence-corrected chi connectivity index (χ4v) is 6.40. The Bertz CT molecular complexity index is 550. The van der Waals surface area contributed by atoms with Crippen LogP contribution in [0.15, 0.2) is 36.5 Å². The molecule has 0 bridgehead atoms. The maximum atomic E-state index is 4.64. The average molecular weight is 286 g/mol. The predicted molar refractivity (Wildman–Crippen MR) is 92.2 cm³/mol. The summed E-state index contributed by atoms with van der Waals surface area (Å²) in [5, 5.41) is 2.55. The third-order valence-corrected chi connectivity index (χ3v) is 10.5. The van der Waals surface area contributed by atoms with Crippen LogP contribution in [0.5, 0.6) is 0 Å². The number of hydrogen-bond acceptors (Lipinski definition) is 2. The molecule has 2 nitrogen and oxygen atoms in total. The number of nitrogens with zero attached hydrogens (tertiary/aromatic N) is 2. The van der Waals surface area contributed by atoms with E-state index >= 15 is 0 Å². The molecule has 3 heteroatoms. The molecule has 0 N–H and O–H groups in total. The van der Waals surface area contributed by atoms with E-state index in [1.165, 1.54) is 35.1 Å². The lowest BCUT2D eigenvalue weighted by Gasteiger charge is -2.33. The lowest BCUT2D eigenvalue weighted by atomic mass is 10.1. The Morgan fingerprint density at radius 3 is 2.30 bits per heavy atom. The average Bonchev–Trinajstić information content (AvgIpc) is 2.52. The highest BCUT2D eigenvalue weighted by atomic mass is 28.3. The van der Waals surface area contributed by atoms with E-state index in [0.717, 1.165) is 5.82 Å². The van der Waals surface area contributed by atoms with Gasteiger partial charge in [-0.05, 0) is 11.5 Å². The molecule has 1 aromatic heterocycles. The van der Waals surface area contributed by atoms with Gasteiger partial charge in [0.1, 0.15) is 5.82 Å². The summed E-state index contributed by atoms with van der Waals surface area (Å²) >= 11 is 0. The summed E-state index contributed by atoms with van der Waals surface area (Å²) in [6.07, 6.45) is 3.14. The van der Waals surface area contributed by atoms with Gasteiger partial charge >= 0.3 is 0 Å². The number of pyridine rings is 1. The number of anilines is 1. The molecule has 0 saturated heterocycles. The summed E-state index contributed by atoms with van der Waals surface area (Å²) in [6.45, 7) is 7.09. The normalized spacial score (nSPS) is 11.8. The van der Waals surface area contributed by atoms with Crippen molar-refractivity contribution in [1.29, 1.82) is 0 Å². The number of hydrogen-bond donors (Lipinski definition) is 0. The fraction of sp³-hybridized carbons (Fsp3) is 0.471. The van der Waals surface area contributed by atoms with Gasteiger partial charge in [0.25, 0.3) is 0 Å². The van der Waals surface area contributed by atoms with Gasteiger partial charge in [-0.2, -0.15) is 0 Å². The molecule has 0 radical (unpaired) electrons. The molecule has 0 atom stereocenters. The van der Waals surface area contributed by atoms with Crippen molar-refractivity contribution in [3.8, 4) is 0 Å². The standard InChI is InChI=1S/C17H26N2Si/c1-5-20(6-2,7-3)14-19(4)17-16-11-9-8-10-15(16)12-13-18-17/h8-13H,5-7,14H2,1-4H3. The van der Waals surface area contributed by atoms with Gasteiger partial charge in [-0.15, -0.1) is 0 Å². The predicted octanol–water partition coefficient (Wildman–Crippen LogP) is 4.72. The van der Waals surface area contributed by atoms with Crippen molar-refractivity contribution in [3.05, 3.63) is 36.5 Å². The molecule has 0 saturated carbocycles. The molecule has 1 aromatic carbocycles. The SMILES string of the molecule is CC[Si](CC)(CC)CN(C)c1nccc2ccccc12. The fourth-order valence-electron chi connectivity index (χ4n) is 3.07. The van der Waals surface area contributed by atoms with Crippen LogP contribution in [0.1, 0.15) is 20.8 Å². The molecule has 2 aromatic rings. The van der Waals surface area contributed by atoms with Crippen molar-refractivity contribution >= 4 is 24.7 Å². The lowest BCUT2D eigenvalue weighted by molar-refractivity contribution is 0.981. The minimum Gasteiger partial charge on any atom is -0.362 e. The van der Waals surface area contributed by atoms with Crippen molar-refractivity contribution in [3.63, 3.8) is 0 Å². The van der Waals surface area contributed by atoms with E-state index in [2.05, 4.69) is 68.0 Å². The van der Waals surface area contributed by atoms with Gasteiger partial charge < -0.3 is 4.90 Å². The largest absolute Gasteiger partial charge is 0.362 e. The van der Waals surface area contributed by atoms with Gasteiger partial charge in [0.15, 0.2) is 0 Å². The number of fused-ring (bicyclic) bond motifs is 1. The molecule has 0 aliphatic heterocycles. The van der Waals surface area contributed by atoms with Gasteiger partial charge in [0.05, 0.1) is 8.07 Å². The second-order valence-electron chi connectivity index (χ2n) is 5.77. The number of rotatable bonds is 6. The minimum atomic E-state index is -1.16. The molecular weight excluding hydrogens is 260 g/mol. The highest BCUT2D eigenvalue weighted by molar-refractivity contribution is 6.80. The van der Waals surface area contributed by atoms with E-state index in [4.69, 9.17) is 0 Å². The van der Waals surface area contributed by atoms with Crippen LogP contribution in [0.4, 0.5) is 5.82 Å². The first-order chi connectivity index (χ1) is 9.65. The van der Waals surface area contributed by atoms with Crippen LogP contribution in [0.2, 0.25) is 18.1 Å². The van der Waals surface area contributed by atoms with E-state index in [0.29, 0.717) is 0 Å². The maximum absolute atomic E-state index is 4.64. The lowest BCUT2D eigenvalue weighted by Crippen LogP contribution is -2.45. The monoisotopic (exact) mass is 286 g/mol. The van der Waals surface area contributed by atoms with Gasteiger partial charge in [-0.3, -0.25) is 0 Å². The topological polar surface area (TPSA) is 16.1 Å². The van der Waals surface area contributed by atoms with Gasteiger partial charge in [-0.1, -0.05) is 63.2 Å². The second-order valence-corrected chi connectivity index (χ2v) is 11.2. The van der Waals surface area contributed by atoms with Crippen molar-refractivity contribution in [2.24, 2.45) is 0 Å². The van der Waals surface area contributed by atoms with Crippen LogP contribution in [0, 0.1) is 0 Å². The van der Waals surface area contributed by atoms with E-state index in [9.17, 15) is 0 Å². The quantitative estimate of drug-likeness (QED) is 0.714. The van der Waals surface area contributed by atoms with Crippen molar-refractivity contribution in [1.82, 2.24) is 4.98 Å². The van der Waals surface area contributed by atoms with E-state index in [1.54, 1.807) is 0 Å². The Kier molecular flexibility index (Phi) is 4.81. The minimum absolute atomic E-state index is 1.13. The van der Waals surface area contributed by atoms with E-state index < -0.39 is 8.07 Å². The Morgan fingerprint density at radius 2 is 1.65 bits per heavy atom. The Balaban J connectivity index is 2.34. The van der Waals surface area contributed by atoms with Gasteiger partial charge in [-0.25, -0.2) is 4.98 Å². The van der Waals surface area contributed by atoms with Crippen LogP contribution in [-0.4, -0.2) is 26.3 Å². The maximum Gasteiger partial charge on any atom is 0.135 e. The molecule has 1 heterocycles. The first-order valence-corrected chi connectivity index (χ1v) is 10.5. The van der Waals surface area contributed by atoms with Crippen molar-refractivity contribution < 1.29 is 0 Å². The zero-order valence-electron chi connectivity index (χ0n) is 13.2. The Labute approximate surface area is 123 Å². The highest BCUT2D eigenvalue weighted by Crippen LogP contribution is 2.27. The Hall–Kier alpha value is -1.35. The summed E-state index contributed by atoms with van der Waals surface area (Å²) in [7, 11) is 1.04. The Morgan fingerprint density at radius 1 is 1.00 bits per heavy atom. The summed E-state index contributed by atoms with van der Waals surface area (Å²) in [5.74, 6) is 1.13. The van der Waals surface area contributed by atoms with Crippen molar-refractivity contribution in [2.75, 3.05) is 18.1 Å². The molecule has 0 aliphatic rings. The molecule has 0 amide bonds. The van der Waals surface area contributed by atoms with Gasteiger partial charge in [0.2, 0.25) is 0 Å². The molecular formula is C17H26N2Si. The first-order valence-electron chi connectivity index (χ1n) is 7.70. The van der Waals surface area contributed by atoms with Crippen LogP contribution >= 0.6 is 0 Å². The van der Waals surface area contributed by atoms with Crippen LogP contribution in [0.3, 0.4) is 0 Å². The smallest absolute Gasteiger partial charge is 0.135 e. The van der Waals surface area contributed by atoms with E-state index in [1.807, 2.05) is 6.20 Å². The summed E-state index contributed by atoms with van der Waals surface area (Å²) < 4.78 is 0. The third-order valence-electron chi connectivity index (χ3n) is 4.84. The van der Waals surface area contributed by atoms with Crippen LogP contribution in [0.25, 0.3) is 10.8 Å². The zero-order valence-corrected chi connectivity index (χ0v) is 14.2. The second kappa shape index (κ2) is 6.40. The molecule has 0 fully saturated rings. The summed E-state index contributed by atoms with van der Waals surface area (Å²) in [5.41, 5.74) is 0. The molecule has 108 valence electrons. The van der Waals surface area contributed by atoms with Crippen LogP contribution in [-0.2, 0) is 0 Å². The third kappa shape index (κ3) is 2.88. The molecule has 0 spiro atoms. The number of benzene rings is 1. The van der Waals surface area contributed by atoms with Crippen LogP contribution < -0.4 is 4.90 Å².